The zero-order chi connectivity index (χ0) is 21.5. The van der Waals surface area contributed by atoms with Crippen molar-refractivity contribution < 1.29 is 23.4 Å². The summed E-state index contributed by atoms with van der Waals surface area (Å²) in [6, 6.07) is 16.4. The molecule has 3 aromatic rings. The van der Waals surface area contributed by atoms with E-state index in [1.54, 1.807) is 50.6 Å². The lowest BCUT2D eigenvalue weighted by atomic mass is 10.1. The topological polar surface area (TPSA) is 44.8 Å². The zero-order valence-electron chi connectivity index (χ0n) is 16.5. The maximum atomic E-state index is 13.2. The number of carbonyl (C=O) groups excluding carboxylic acids is 1. The van der Waals surface area contributed by atoms with Crippen LogP contribution >= 0.6 is 11.6 Å². The number of allylic oxidation sites excluding steroid dienone is 1. The highest BCUT2D eigenvalue weighted by Gasteiger charge is 2.09. The summed E-state index contributed by atoms with van der Waals surface area (Å²) in [5.41, 5.74) is 2.10. The first kappa shape index (κ1) is 21.4. The van der Waals surface area contributed by atoms with E-state index in [0.29, 0.717) is 22.8 Å². The van der Waals surface area contributed by atoms with Crippen molar-refractivity contribution in [1.82, 2.24) is 0 Å². The standard InChI is InChI=1S/C24H20ClFO4/c1-28-20-5-3-4-17(13-20)22(27)9-6-16-7-10-23(29-2)18(12-16)15-30-24-11-8-19(26)14-21(24)25/h3-14H,15H2,1-2H3/b9-6+. The number of methoxy groups -OCH3 is 2. The van der Waals surface area contributed by atoms with Crippen molar-refractivity contribution in [2.45, 2.75) is 6.61 Å². The number of rotatable bonds is 8. The van der Waals surface area contributed by atoms with Crippen LogP contribution < -0.4 is 14.2 Å². The average molecular weight is 427 g/mol. The molecule has 0 aliphatic heterocycles. The van der Waals surface area contributed by atoms with Gasteiger partial charge in [-0.2, -0.15) is 0 Å². The molecule has 4 nitrogen and oxygen atoms in total. The Labute approximate surface area is 179 Å². The van der Waals surface area contributed by atoms with E-state index in [1.165, 1.54) is 24.3 Å². The molecule has 0 radical (unpaired) electrons. The summed E-state index contributed by atoms with van der Waals surface area (Å²) in [6.45, 7) is 0.167. The van der Waals surface area contributed by atoms with Crippen molar-refractivity contribution >= 4 is 23.5 Å². The van der Waals surface area contributed by atoms with Gasteiger partial charge in [-0.05, 0) is 54.1 Å². The van der Waals surface area contributed by atoms with Crippen LogP contribution in [0.5, 0.6) is 17.2 Å². The number of carbonyl (C=O) groups is 1. The van der Waals surface area contributed by atoms with Gasteiger partial charge in [0.1, 0.15) is 29.7 Å². The van der Waals surface area contributed by atoms with Crippen molar-refractivity contribution in [3.8, 4) is 17.2 Å². The Bertz CT molecular complexity index is 1080. The van der Waals surface area contributed by atoms with Gasteiger partial charge in [0, 0.05) is 11.1 Å². The Morgan fingerprint density at radius 1 is 1.00 bits per heavy atom. The minimum Gasteiger partial charge on any atom is -0.497 e. The summed E-state index contributed by atoms with van der Waals surface area (Å²) >= 11 is 6.01. The van der Waals surface area contributed by atoms with Gasteiger partial charge in [0.2, 0.25) is 0 Å². The predicted octanol–water partition coefficient (Wildman–Crippen LogP) is 5.97. The summed E-state index contributed by atoms with van der Waals surface area (Å²) in [6.07, 6.45) is 3.22. The van der Waals surface area contributed by atoms with Crippen LogP contribution in [0.25, 0.3) is 6.08 Å². The molecule has 0 saturated heterocycles. The third kappa shape index (κ3) is 5.39. The molecule has 0 bridgehead atoms. The maximum Gasteiger partial charge on any atom is 0.185 e. The number of hydrogen-bond acceptors (Lipinski definition) is 4. The monoisotopic (exact) mass is 426 g/mol. The van der Waals surface area contributed by atoms with Gasteiger partial charge < -0.3 is 14.2 Å². The smallest absolute Gasteiger partial charge is 0.185 e. The lowest BCUT2D eigenvalue weighted by Crippen LogP contribution is -2.00. The Morgan fingerprint density at radius 3 is 2.53 bits per heavy atom. The van der Waals surface area contributed by atoms with Crippen molar-refractivity contribution in [1.29, 1.82) is 0 Å². The van der Waals surface area contributed by atoms with Gasteiger partial charge >= 0.3 is 0 Å². The molecule has 0 atom stereocenters. The molecule has 0 saturated carbocycles. The minimum atomic E-state index is -0.433. The zero-order valence-corrected chi connectivity index (χ0v) is 17.3. The Kier molecular flexibility index (Phi) is 7.09. The van der Waals surface area contributed by atoms with Crippen LogP contribution in [0, 0.1) is 5.82 Å². The first-order valence-corrected chi connectivity index (χ1v) is 9.49. The van der Waals surface area contributed by atoms with E-state index in [1.807, 2.05) is 12.1 Å². The molecule has 0 spiro atoms. The van der Waals surface area contributed by atoms with E-state index >= 15 is 0 Å². The Balaban J connectivity index is 1.76. The van der Waals surface area contributed by atoms with Crippen molar-refractivity contribution in [2.24, 2.45) is 0 Å². The van der Waals surface area contributed by atoms with E-state index < -0.39 is 5.82 Å². The summed E-state index contributed by atoms with van der Waals surface area (Å²) in [7, 11) is 3.12. The van der Waals surface area contributed by atoms with Crippen LogP contribution in [-0.2, 0) is 6.61 Å². The first-order valence-electron chi connectivity index (χ1n) is 9.11. The van der Waals surface area contributed by atoms with Gasteiger partial charge in [-0.1, -0.05) is 35.9 Å². The number of benzene rings is 3. The van der Waals surface area contributed by atoms with E-state index in [9.17, 15) is 9.18 Å². The second-order valence-electron chi connectivity index (χ2n) is 6.36. The van der Waals surface area contributed by atoms with Crippen LogP contribution in [-0.4, -0.2) is 20.0 Å². The predicted molar refractivity (Wildman–Crippen MR) is 115 cm³/mol. The molecule has 0 fully saturated rings. The highest BCUT2D eigenvalue weighted by molar-refractivity contribution is 6.32. The fourth-order valence-corrected chi connectivity index (χ4v) is 3.03. The third-order valence-corrected chi connectivity index (χ3v) is 4.66. The normalized spacial score (nSPS) is 10.8. The van der Waals surface area contributed by atoms with Gasteiger partial charge in [-0.3, -0.25) is 4.79 Å². The highest BCUT2D eigenvalue weighted by atomic mass is 35.5. The number of halogens is 2. The van der Waals surface area contributed by atoms with Gasteiger partial charge in [-0.25, -0.2) is 4.39 Å². The summed E-state index contributed by atoms with van der Waals surface area (Å²) < 4.78 is 29.4. The average Bonchev–Trinajstić information content (AvgIpc) is 2.77. The van der Waals surface area contributed by atoms with E-state index in [0.717, 1.165) is 11.1 Å². The van der Waals surface area contributed by atoms with Crippen LogP contribution in [0.1, 0.15) is 21.5 Å². The van der Waals surface area contributed by atoms with Gasteiger partial charge in [0.15, 0.2) is 5.78 Å². The second kappa shape index (κ2) is 9.94. The van der Waals surface area contributed by atoms with Crippen LogP contribution in [0.2, 0.25) is 5.02 Å². The first-order chi connectivity index (χ1) is 14.5. The number of hydrogen-bond donors (Lipinski definition) is 0. The number of ether oxygens (including phenoxy) is 3. The second-order valence-corrected chi connectivity index (χ2v) is 6.77. The fourth-order valence-electron chi connectivity index (χ4n) is 2.81. The molecule has 0 aliphatic rings. The molecule has 0 aliphatic carbocycles. The minimum absolute atomic E-state index is 0.138. The SMILES string of the molecule is COc1cccc(C(=O)/C=C/c2ccc(OC)c(COc3ccc(F)cc3Cl)c2)c1. The fraction of sp³-hybridized carbons (Fsp3) is 0.125. The van der Waals surface area contributed by atoms with Gasteiger partial charge in [-0.15, -0.1) is 0 Å². The van der Waals surface area contributed by atoms with Gasteiger partial charge in [0.25, 0.3) is 0 Å². The van der Waals surface area contributed by atoms with Crippen molar-refractivity contribution in [3.63, 3.8) is 0 Å². The van der Waals surface area contributed by atoms with Crippen LogP contribution in [0.4, 0.5) is 4.39 Å². The number of ketones is 1. The third-order valence-electron chi connectivity index (χ3n) is 4.36. The molecule has 0 aromatic heterocycles. The van der Waals surface area contributed by atoms with Crippen LogP contribution in [0.15, 0.2) is 66.7 Å². The quantitative estimate of drug-likeness (QED) is 0.329. The molecule has 154 valence electrons. The highest BCUT2D eigenvalue weighted by Crippen LogP contribution is 2.28. The largest absolute Gasteiger partial charge is 0.497 e. The van der Waals surface area contributed by atoms with E-state index in [2.05, 4.69) is 0 Å². The lowest BCUT2D eigenvalue weighted by Gasteiger charge is -2.12. The molecular formula is C24H20ClFO4. The summed E-state index contributed by atoms with van der Waals surface area (Å²) in [5.74, 6) is 1.05. The lowest BCUT2D eigenvalue weighted by molar-refractivity contribution is 0.104. The molecule has 0 unspecified atom stereocenters. The summed E-state index contributed by atoms with van der Waals surface area (Å²) in [5, 5.41) is 0.189. The molecular weight excluding hydrogens is 407 g/mol. The van der Waals surface area contributed by atoms with Crippen molar-refractivity contribution in [2.75, 3.05) is 14.2 Å². The molecule has 3 rings (SSSR count). The molecule has 0 heterocycles. The Hall–Kier alpha value is -3.31. The molecule has 0 N–H and O–H groups in total. The maximum absolute atomic E-state index is 13.2. The Morgan fingerprint density at radius 2 is 1.80 bits per heavy atom. The van der Waals surface area contributed by atoms with E-state index in [4.69, 9.17) is 25.8 Å². The van der Waals surface area contributed by atoms with Gasteiger partial charge in [0.05, 0.1) is 19.2 Å². The molecule has 6 heteroatoms. The van der Waals surface area contributed by atoms with Crippen molar-refractivity contribution in [3.05, 3.63) is 94.3 Å². The van der Waals surface area contributed by atoms with E-state index in [-0.39, 0.29) is 17.4 Å². The van der Waals surface area contributed by atoms with Crippen LogP contribution in [0.3, 0.4) is 0 Å². The summed E-state index contributed by atoms with van der Waals surface area (Å²) in [4.78, 5) is 12.4. The molecule has 3 aromatic carbocycles. The molecule has 30 heavy (non-hydrogen) atoms. The molecule has 0 amide bonds.